The van der Waals surface area contributed by atoms with Gasteiger partial charge in [0.05, 0.1) is 5.69 Å². The van der Waals surface area contributed by atoms with E-state index in [1.54, 1.807) is 11.3 Å². The van der Waals surface area contributed by atoms with Gasteiger partial charge in [-0.15, -0.1) is 11.3 Å². The maximum atomic E-state index is 10.6. The number of halogens is 4. The van der Waals surface area contributed by atoms with Crippen LogP contribution in [-0.2, 0) is 24.2 Å². The van der Waals surface area contributed by atoms with E-state index in [2.05, 4.69) is 71.9 Å². The number of hydrogen-bond donors (Lipinski definition) is 3. The number of nitrogens with two attached hydrogens (primary N) is 1. The summed E-state index contributed by atoms with van der Waals surface area (Å²) in [7, 11) is 0. The van der Waals surface area contributed by atoms with Gasteiger partial charge in [-0.05, 0) is 56.0 Å². The molecule has 0 spiro atoms. The number of carboxylic acid groups (broad SMARTS) is 1. The zero-order valence-corrected chi connectivity index (χ0v) is 24.9. The van der Waals surface area contributed by atoms with Crippen molar-refractivity contribution in [2.24, 2.45) is 0 Å². The zero-order valence-electron chi connectivity index (χ0n) is 22.5. The number of hydrogen-bond acceptors (Lipinski definition) is 7. The number of H-pyrrole nitrogens is 1. The lowest BCUT2D eigenvalue weighted by molar-refractivity contribution is -0.192. The zero-order chi connectivity index (χ0) is 28.9. The Morgan fingerprint density at radius 3 is 2.62 bits per heavy atom. The van der Waals surface area contributed by atoms with Gasteiger partial charge < -0.3 is 15.8 Å². The number of thiazole rings is 1. The maximum Gasteiger partial charge on any atom is 0.490 e. The molecular formula is C27H36BrF3N6O2S. The van der Waals surface area contributed by atoms with Gasteiger partial charge in [0, 0.05) is 78.3 Å². The molecule has 2 aromatic heterocycles. The Morgan fingerprint density at radius 2 is 1.95 bits per heavy atom. The van der Waals surface area contributed by atoms with Crippen molar-refractivity contribution < 1.29 is 23.1 Å². The summed E-state index contributed by atoms with van der Waals surface area (Å²) >= 11 is 5.31. The largest absolute Gasteiger partial charge is 0.490 e. The monoisotopic (exact) mass is 644 g/mol. The van der Waals surface area contributed by atoms with Crippen molar-refractivity contribution >= 4 is 49.3 Å². The third-order valence-corrected chi connectivity index (χ3v) is 8.93. The fourth-order valence-electron chi connectivity index (χ4n) is 5.42. The first kappa shape index (κ1) is 30.8. The number of nitrogens with zero attached hydrogens (tertiary/aromatic N) is 4. The molecule has 5 rings (SSSR count). The molecule has 0 amide bonds. The van der Waals surface area contributed by atoms with E-state index in [-0.39, 0.29) is 0 Å². The first-order valence-electron chi connectivity index (χ1n) is 13.5. The van der Waals surface area contributed by atoms with Gasteiger partial charge in [0.2, 0.25) is 0 Å². The van der Waals surface area contributed by atoms with Crippen molar-refractivity contribution in [2.45, 2.75) is 51.4 Å². The lowest BCUT2D eigenvalue weighted by atomic mass is 9.96. The highest BCUT2D eigenvalue weighted by Gasteiger charge is 2.38. The summed E-state index contributed by atoms with van der Waals surface area (Å²) in [5.74, 6) is -2.76. The van der Waals surface area contributed by atoms with Crippen LogP contribution in [0.15, 0.2) is 28.9 Å². The van der Waals surface area contributed by atoms with E-state index in [1.807, 2.05) is 0 Å². The number of aliphatic carboxylic acids is 1. The second-order valence-electron chi connectivity index (χ2n) is 10.3. The SMILES string of the molecule is CCCN(CCN1CCN(Cc2c[nH]c3ccc(Br)cc23)CC1)C1CCc2nc(N)sc2C1.O=C(O)C(F)(F)F. The number of anilines is 1. The molecule has 0 radical (unpaired) electrons. The third-order valence-electron chi connectivity index (χ3n) is 7.49. The number of rotatable bonds is 8. The van der Waals surface area contributed by atoms with E-state index in [1.165, 1.54) is 59.5 Å². The number of piperazine rings is 1. The summed E-state index contributed by atoms with van der Waals surface area (Å²) < 4.78 is 32.9. The highest BCUT2D eigenvalue weighted by molar-refractivity contribution is 9.10. The van der Waals surface area contributed by atoms with Crippen LogP contribution in [0, 0.1) is 0 Å². The molecular weight excluding hydrogens is 609 g/mol. The van der Waals surface area contributed by atoms with Gasteiger partial charge in [0.25, 0.3) is 0 Å². The van der Waals surface area contributed by atoms with Crippen molar-refractivity contribution in [2.75, 3.05) is 51.5 Å². The van der Waals surface area contributed by atoms with Crippen molar-refractivity contribution in [1.29, 1.82) is 0 Å². The minimum atomic E-state index is -5.08. The number of alkyl halides is 3. The molecule has 1 saturated heterocycles. The number of carbonyl (C=O) groups is 1. The van der Waals surface area contributed by atoms with E-state index in [9.17, 15) is 13.2 Å². The smallest absolute Gasteiger partial charge is 0.475 e. The average molecular weight is 646 g/mol. The van der Waals surface area contributed by atoms with Crippen LogP contribution < -0.4 is 5.73 Å². The molecule has 220 valence electrons. The Bertz CT molecular complexity index is 1270. The van der Waals surface area contributed by atoms with E-state index < -0.39 is 12.1 Å². The summed E-state index contributed by atoms with van der Waals surface area (Å²) in [4.78, 5) is 26.2. The topological polar surface area (TPSA) is 102 Å². The molecule has 1 aliphatic heterocycles. The van der Waals surface area contributed by atoms with E-state index in [0.29, 0.717) is 6.04 Å². The number of aromatic nitrogens is 2. The quantitative estimate of drug-likeness (QED) is 0.318. The first-order valence-corrected chi connectivity index (χ1v) is 15.1. The lowest BCUT2D eigenvalue weighted by Gasteiger charge is -2.38. The number of benzene rings is 1. The highest BCUT2D eigenvalue weighted by Crippen LogP contribution is 2.30. The number of fused-ring (bicyclic) bond motifs is 2. The van der Waals surface area contributed by atoms with Crippen LogP contribution in [0.1, 0.15) is 35.9 Å². The minimum Gasteiger partial charge on any atom is -0.475 e. The second-order valence-corrected chi connectivity index (χ2v) is 12.3. The normalized spacial score (nSPS) is 18.5. The summed E-state index contributed by atoms with van der Waals surface area (Å²) in [6, 6.07) is 7.12. The second kappa shape index (κ2) is 13.6. The Morgan fingerprint density at radius 1 is 1.25 bits per heavy atom. The van der Waals surface area contributed by atoms with Crippen LogP contribution in [-0.4, -0.2) is 93.8 Å². The van der Waals surface area contributed by atoms with E-state index >= 15 is 0 Å². The molecule has 1 fully saturated rings. The van der Waals surface area contributed by atoms with E-state index in [4.69, 9.17) is 15.6 Å². The van der Waals surface area contributed by atoms with Gasteiger partial charge in [-0.25, -0.2) is 9.78 Å². The number of nitrogen functional groups attached to an aromatic ring is 1. The number of carboxylic acids is 1. The number of aryl methyl sites for hydroxylation is 1. The summed E-state index contributed by atoms with van der Waals surface area (Å²) in [5, 5.41) is 9.20. The number of nitrogens with one attached hydrogen (secondary N) is 1. The number of aromatic amines is 1. The van der Waals surface area contributed by atoms with Crippen LogP contribution in [0.25, 0.3) is 10.9 Å². The molecule has 1 aromatic carbocycles. The lowest BCUT2D eigenvalue weighted by Crippen LogP contribution is -2.49. The standard InChI is InChI=1S/C25H35BrN6S.C2HF3O2/c1-2-7-32(20-4-6-23-24(15-20)33-25(27)29-23)13-12-30-8-10-31(11-9-30)17-18-16-28-22-5-3-19(26)14-21(18)22;3-2(4,5)1(6)7/h3,5,14,16,20,28H,2,4,6-13,15,17H2,1H3,(H2,27,29);(H,6,7). The van der Waals surface area contributed by atoms with Crippen LogP contribution in [0.3, 0.4) is 0 Å². The molecule has 4 N–H and O–H groups in total. The van der Waals surface area contributed by atoms with Gasteiger partial charge in [-0.1, -0.05) is 22.9 Å². The van der Waals surface area contributed by atoms with Gasteiger partial charge in [0.15, 0.2) is 5.13 Å². The Labute approximate surface area is 244 Å². The molecule has 3 heterocycles. The molecule has 0 bridgehead atoms. The van der Waals surface area contributed by atoms with E-state index in [0.717, 1.165) is 55.2 Å². The highest BCUT2D eigenvalue weighted by atomic mass is 79.9. The molecule has 0 saturated carbocycles. The third kappa shape index (κ3) is 8.19. The average Bonchev–Trinajstić information content (AvgIpc) is 3.48. The van der Waals surface area contributed by atoms with Crippen LogP contribution in [0.5, 0.6) is 0 Å². The maximum absolute atomic E-state index is 10.6. The van der Waals surface area contributed by atoms with Crippen LogP contribution in [0.4, 0.5) is 18.3 Å². The van der Waals surface area contributed by atoms with Crippen molar-refractivity contribution in [1.82, 2.24) is 24.7 Å². The molecule has 1 aliphatic carbocycles. The van der Waals surface area contributed by atoms with Crippen molar-refractivity contribution in [3.63, 3.8) is 0 Å². The van der Waals surface area contributed by atoms with Gasteiger partial charge >= 0.3 is 12.1 Å². The summed E-state index contributed by atoms with van der Waals surface area (Å²) in [6.45, 7) is 11.4. The van der Waals surface area contributed by atoms with Crippen molar-refractivity contribution in [3.8, 4) is 0 Å². The molecule has 2 aliphatic rings. The van der Waals surface area contributed by atoms with Gasteiger partial charge in [0.1, 0.15) is 0 Å². The Balaban J connectivity index is 0.000000470. The summed E-state index contributed by atoms with van der Waals surface area (Å²) in [6.07, 6.45) is 1.72. The van der Waals surface area contributed by atoms with Gasteiger partial charge in [-0.3, -0.25) is 14.7 Å². The molecule has 8 nitrogen and oxygen atoms in total. The Hall–Kier alpha value is -2.19. The Kier molecular flexibility index (Phi) is 10.5. The molecule has 13 heteroatoms. The fourth-order valence-corrected chi connectivity index (χ4v) is 6.73. The van der Waals surface area contributed by atoms with Crippen LogP contribution in [0.2, 0.25) is 0 Å². The predicted molar refractivity (Wildman–Crippen MR) is 156 cm³/mol. The predicted octanol–water partition coefficient (Wildman–Crippen LogP) is 4.99. The molecule has 40 heavy (non-hydrogen) atoms. The molecule has 1 atom stereocenters. The van der Waals surface area contributed by atoms with Crippen LogP contribution >= 0.6 is 27.3 Å². The summed E-state index contributed by atoms with van der Waals surface area (Å²) in [5.41, 5.74) is 9.83. The van der Waals surface area contributed by atoms with Gasteiger partial charge in [-0.2, -0.15) is 13.2 Å². The molecule has 3 aromatic rings. The van der Waals surface area contributed by atoms with Crippen molar-refractivity contribution in [3.05, 3.63) is 45.0 Å². The minimum absolute atomic E-state index is 0.639. The fraction of sp³-hybridized carbons (Fsp3) is 0.556. The molecule has 1 unspecified atom stereocenters. The first-order chi connectivity index (χ1) is 19.0.